The molecule has 0 atom stereocenters. The summed E-state index contributed by atoms with van der Waals surface area (Å²) < 4.78 is 2.19. The van der Waals surface area contributed by atoms with E-state index in [2.05, 4.69) is 42.1 Å². The van der Waals surface area contributed by atoms with Crippen molar-refractivity contribution in [3.05, 3.63) is 36.0 Å². The van der Waals surface area contributed by atoms with E-state index in [1.165, 1.54) is 36.6 Å². The first-order valence-electron chi connectivity index (χ1n) is 5.89. The van der Waals surface area contributed by atoms with Crippen molar-refractivity contribution in [1.29, 1.82) is 0 Å². The minimum absolute atomic E-state index is 0.828. The second kappa shape index (κ2) is 3.41. The second-order valence-electron chi connectivity index (χ2n) is 4.73. The first-order chi connectivity index (χ1) is 7.34. The van der Waals surface area contributed by atoms with Crippen LogP contribution in [0.25, 0.3) is 10.9 Å². The van der Waals surface area contributed by atoms with Gasteiger partial charge in [-0.15, -0.1) is 0 Å². The Labute approximate surface area is 90.7 Å². The zero-order valence-corrected chi connectivity index (χ0v) is 9.24. The van der Waals surface area contributed by atoms with Crippen LogP contribution in [0.2, 0.25) is 0 Å². The molecule has 1 saturated carbocycles. The maximum absolute atomic E-state index is 2.38. The van der Waals surface area contributed by atoms with E-state index in [0.717, 1.165) is 5.92 Å². The van der Waals surface area contributed by atoms with Gasteiger partial charge in [-0.25, -0.2) is 0 Å². The van der Waals surface area contributed by atoms with Gasteiger partial charge in [0.05, 0.1) is 0 Å². The fraction of sp³-hybridized carbons (Fsp3) is 0.429. The van der Waals surface area contributed by atoms with Gasteiger partial charge < -0.3 is 4.57 Å². The molecule has 0 N–H and O–H groups in total. The predicted molar refractivity (Wildman–Crippen MR) is 64.1 cm³/mol. The van der Waals surface area contributed by atoms with E-state index >= 15 is 0 Å². The lowest BCUT2D eigenvalue weighted by molar-refractivity contribution is 0.724. The van der Waals surface area contributed by atoms with Gasteiger partial charge >= 0.3 is 0 Å². The van der Waals surface area contributed by atoms with E-state index in [4.69, 9.17) is 0 Å². The normalized spacial score (nSPS) is 17.7. The highest BCUT2D eigenvalue weighted by Crippen LogP contribution is 2.35. The molecule has 1 aliphatic carbocycles. The van der Waals surface area contributed by atoms with Crippen molar-refractivity contribution in [2.45, 2.75) is 31.6 Å². The second-order valence-corrected chi connectivity index (χ2v) is 4.73. The SMILES string of the molecule is Cn1ccc2cc(C3CCCC3)ccc21. The molecule has 0 spiro atoms. The summed E-state index contributed by atoms with van der Waals surface area (Å²) in [4.78, 5) is 0. The highest BCUT2D eigenvalue weighted by Gasteiger charge is 2.17. The molecule has 0 bridgehead atoms. The zero-order chi connectivity index (χ0) is 10.3. The van der Waals surface area contributed by atoms with E-state index in [1.807, 2.05) is 0 Å². The highest BCUT2D eigenvalue weighted by atomic mass is 14.9. The molecule has 1 heteroatoms. The van der Waals surface area contributed by atoms with E-state index in [-0.39, 0.29) is 0 Å². The Morgan fingerprint density at radius 1 is 1.13 bits per heavy atom. The summed E-state index contributed by atoms with van der Waals surface area (Å²) in [6.45, 7) is 0. The van der Waals surface area contributed by atoms with Crippen molar-refractivity contribution in [2.75, 3.05) is 0 Å². The van der Waals surface area contributed by atoms with Crippen molar-refractivity contribution in [2.24, 2.45) is 7.05 Å². The van der Waals surface area contributed by atoms with Gasteiger partial charge in [0.25, 0.3) is 0 Å². The number of nitrogens with zero attached hydrogens (tertiary/aromatic N) is 1. The Hall–Kier alpha value is -1.24. The summed E-state index contributed by atoms with van der Waals surface area (Å²) in [5.74, 6) is 0.828. The van der Waals surface area contributed by atoms with Gasteiger partial charge in [0.2, 0.25) is 0 Å². The smallest absolute Gasteiger partial charge is 0.0477 e. The average molecular weight is 199 g/mol. The topological polar surface area (TPSA) is 4.93 Å². The maximum atomic E-state index is 2.38. The van der Waals surface area contributed by atoms with Gasteiger partial charge in [-0.2, -0.15) is 0 Å². The van der Waals surface area contributed by atoms with Gasteiger partial charge in [-0.3, -0.25) is 0 Å². The van der Waals surface area contributed by atoms with Crippen LogP contribution in [0.5, 0.6) is 0 Å². The molecule has 0 aliphatic heterocycles. The van der Waals surface area contributed by atoms with Crippen LogP contribution in [0.4, 0.5) is 0 Å². The number of aryl methyl sites for hydroxylation is 1. The van der Waals surface area contributed by atoms with E-state index in [0.29, 0.717) is 0 Å². The molecule has 15 heavy (non-hydrogen) atoms. The van der Waals surface area contributed by atoms with E-state index in [1.54, 1.807) is 5.56 Å². The molecule has 1 aromatic heterocycles. The molecule has 2 aromatic rings. The molecule has 1 nitrogen and oxygen atoms in total. The van der Waals surface area contributed by atoms with Gasteiger partial charge in [0, 0.05) is 18.8 Å². The third kappa shape index (κ3) is 1.46. The van der Waals surface area contributed by atoms with Crippen molar-refractivity contribution in [3.8, 4) is 0 Å². The molecule has 0 saturated heterocycles. The van der Waals surface area contributed by atoms with Crippen LogP contribution in [0.1, 0.15) is 37.2 Å². The monoisotopic (exact) mass is 199 g/mol. The Bertz CT molecular complexity index is 475. The summed E-state index contributed by atoms with van der Waals surface area (Å²) >= 11 is 0. The zero-order valence-electron chi connectivity index (χ0n) is 9.24. The quantitative estimate of drug-likeness (QED) is 0.657. The van der Waals surface area contributed by atoms with Crippen molar-refractivity contribution in [3.63, 3.8) is 0 Å². The van der Waals surface area contributed by atoms with Crippen LogP contribution >= 0.6 is 0 Å². The van der Waals surface area contributed by atoms with Gasteiger partial charge in [-0.1, -0.05) is 18.9 Å². The molecule has 0 radical (unpaired) electrons. The number of rotatable bonds is 1. The Kier molecular flexibility index (Phi) is 2.05. The standard InChI is InChI=1S/C14H17N/c1-15-9-8-13-10-12(6-7-14(13)15)11-4-2-3-5-11/h6-11H,2-5H2,1H3. The Balaban J connectivity index is 2.05. The van der Waals surface area contributed by atoms with Crippen LogP contribution in [-0.2, 0) is 7.05 Å². The van der Waals surface area contributed by atoms with Gasteiger partial charge in [0.15, 0.2) is 0 Å². The Morgan fingerprint density at radius 3 is 2.73 bits per heavy atom. The van der Waals surface area contributed by atoms with Crippen LogP contribution in [0, 0.1) is 0 Å². The summed E-state index contributed by atoms with van der Waals surface area (Å²) in [6.07, 6.45) is 7.74. The lowest BCUT2D eigenvalue weighted by Gasteiger charge is -2.09. The van der Waals surface area contributed by atoms with Crippen molar-refractivity contribution in [1.82, 2.24) is 4.57 Å². The van der Waals surface area contributed by atoms with Gasteiger partial charge in [-0.05, 0) is 47.9 Å². The lowest BCUT2D eigenvalue weighted by Crippen LogP contribution is -1.92. The third-order valence-corrected chi connectivity index (χ3v) is 3.74. The minimum atomic E-state index is 0.828. The molecule has 1 fully saturated rings. The molecular formula is C14H17N. The molecular weight excluding hydrogens is 182 g/mol. The fourth-order valence-electron chi connectivity index (χ4n) is 2.81. The largest absolute Gasteiger partial charge is 0.351 e. The predicted octanol–water partition coefficient (Wildman–Crippen LogP) is 3.84. The maximum Gasteiger partial charge on any atom is 0.0477 e. The highest BCUT2D eigenvalue weighted by molar-refractivity contribution is 5.80. The van der Waals surface area contributed by atoms with Crippen molar-refractivity contribution >= 4 is 10.9 Å². The molecule has 1 aliphatic rings. The van der Waals surface area contributed by atoms with Crippen LogP contribution < -0.4 is 0 Å². The van der Waals surface area contributed by atoms with Crippen LogP contribution in [-0.4, -0.2) is 4.57 Å². The number of fused-ring (bicyclic) bond motifs is 1. The first-order valence-corrected chi connectivity index (χ1v) is 5.89. The van der Waals surface area contributed by atoms with Crippen LogP contribution in [0.3, 0.4) is 0 Å². The van der Waals surface area contributed by atoms with Gasteiger partial charge in [0.1, 0.15) is 0 Å². The van der Waals surface area contributed by atoms with E-state index < -0.39 is 0 Å². The molecule has 1 aromatic carbocycles. The number of hydrogen-bond acceptors (Lipinski definition) is 0. The fourth-order valence-corrected chi connectivity index (χ4v) is 2.81. The first kappa shape index (κ1) is 9.02. The van der Waals surface area contributed by atoms with Crippen LogP contribution in [0.15, 0.2) is 30.5 Å². The third-order valence-electron chi connectivity index (χ3n) is 3.74. The van der Waals surface area contributed by atoms with E-state index in [9.17, 15) is 0 Å². The molecule has 0 unspecified atom stereocenters. The number of aromatic nitrogens is 1. The number of benzene rings is 1. The van der Waals surface area contributed by atoms with Crippen molar-refractivity contribution < 1.29 is 0 Å². The summed E-state index contributed by atoms with van der Waals surface area (Å²) in [6, 6.07) is 9.18. The lowest BCUT2D eigenvalue weighted by atomic mass is 9.97. The summed E-state index contributed by atoms with van der Waals surface area (Å²) in [7, 11) is 2.11. The Morgan fingerprint density at radius 2 is 1.93 bits per heavy atom. The molecule has 78 valence electrons. The minimum Gasteiger partial charge on any atom is -0.351 e. The molecule has 1 heterocycles. The molecule has 0 amide bonds. The summed E-state index contributed by atoms with van der Waals surface area (Å²) in [5, 5.41) is 1.39. The summed E-state index contributed by atoms with van der Waals surface area (Å²) in [5.41, 5.74) is 2.89. The number of hydrogen-bond donors (Lipinski definition) is 0. The average Bonchev–Trinajstić information content (AvgIpc) is 2.88. The molecule has 3 rings (SSSR count).